The second-order valence-electron chi connectivity index (χ2n) is 8.37. The summed E-state index contributed by atoms with van der Waals surface area (Å²) in [4.78, 5) is 12.6. The molecule has 1 heterocycles. The molecule has 0 spiro atoms. The Labute approximate surface area is 163 Å². The molecule has 1 aliphatic rings. The lowest BCUT2D eigenvalue weighted by Crippen LogP contribution is -2.49. The van der Waals surface area contributed by atoms with Crippen molar-refractivity contribution >= 4 is 15.7 Å². The topological polar surface area (TPSA) is 66.9 Å². The molecule has 1 atom stereocenters. The standard InChI is InChI=1S/C20H32N2O4S/c1-20(2,3)16-8-10-18(11-9-16)26-13-6-7-19(23)22(21(4)5)17-12-14-27(24,25)15-17/h8-11,17H,6-7,12-15H2,1-5H3. The van der Waals surface area contributed by atoms with Gasteiger partial charge in [0.1, 0.15) is 5.75 Å². The van der Waals surface area contributed by atoms with Crippen molar-refractivity contribution in [2.75, 3.05) is 32.2 Å². The van der Waals surface area contributed by atoms with Gasteiger partial charge in [0.25, 0.3) is 0 Å². The fourth-order valence-corrected chi connectivity index (χ4v) is 4.99. The SMILES string of the molecule is CN(C)N(C(=O)CCCOc1ccc(C(C)(C)C)cc1)C1CCS(=O)(=O)C1. The molecule has 0 N–H and O–H groups in total. The van der Waals surface area contributed by atoms with Crippen LogP contribution in [-0.4, -0.2) is 62.6 Å². The lowest BCUT2D eigenvalue weighted by atomic mass is 9.87. The molecule has 0 aromatic heterocycles. The third kappa shape index (κ3) is 6.21. The molecule has 7 heteroatoms. The summed E-state index contributed by atoms with van der Waals surface area (Å²) < 4.78 is 29.2. The second kappa shape index (κ2) is 8.61. The van der Waals surface area contributed by atoms with E-state index in [1.165, 1.54) is 5.56 Å². The molecule has 0 aliphatic carbocycles. The number of hydrogen-bond acceptors (Lipinski definition) is 5. The van der Waals surface area contributed by atoms with Crippen molar-refractivity contribution in [3.63, 3.8) is 0 Å². The quantitative estimate of drug-likeness (QED) is 0.524. The molecule has 6 nitrogen and oxygen atoms in total. The predicted molar refractivity (Wildman–Crippen MR) is 107 cm³/mol. The highest BCUT2D eigenvalue weighted by Gasteiger charge is 2.35. The number of ether oxygens (including phenoxy) is 1. The van der Waals surface area contributed by atoms with Gasteiger partial charge in [-0.2, -0.15) is 0 Å². The van der Waals surface area contributed by atoms with E-state index in [0.29, 0.717) is 25.9 Å². The number of carbonyl (C=O) groups is 1. The average molecular weight is 397 g/mol. The van der Waals surface area contributed by atoms with Gasteiger partial charge in [-0.05, 0) is 36.0 Å². The van der Waals surface area contributed by atoms with Crippen LogP contribution in [0.2, 0.25) is 0 Å². The molecule has 152 valence electrons. The Morgan fingerprint density at radius 3 is 2.30 bits per heavy atom. The first kappa shape index (κ1) is 21.7. The van der Waals surface area contributed by atoms with E-state index in [1.54, 1.807) is 24.1 Å². The molecule has 1 unspecified atom stereocenters. The zero-order chi connectivity index (χ0) is 20.2. The van der Waals surface area contributed by atoms with Crippen LogP contribution in [0.5, 0.6) is 5.75 Å². The van der Waals surface area contributed by atoms with Crippen molar-refractivity contribution in [3.05, 3.63) is 29.8 Å². The normalized spacial score (nSPS) is 19.3. The molecule has 0 radical (unpaired) electrons. The van der Waals surface area contributed by atoms with Crippen LogP contribution >= 0.6 is 0 Å². The summed E-state index contributed by atoms with van der Waals surface area (Å²) in [5.41, 5.74) is 1.35. The van der Waals surface area contributed by atoms with Crippen molar-refractivity contribution in [3.8, 4) is 5.75 Å². The lowest BCUT2D eigenvalue weighted by Gasteiger charge is -2.33. The molecule has 1 saturated heterocycles. The van der Waals surface area contributed by atoms with E-state index >= 15 is 0 Å². The first-order valence-corrected chi connectivity index (χ1v) is 11.2. The van der Waals surface area contributed by atoms with Gasteiger partial charge in [0, 0.05) is 20.5 Å². The van der Waals surface area contributed by atoms with E-state index in [0.717, 1.165) is 5.75 Å². The minimum Gasteiger partial charge on any atom is -0.494 e. The van der Waals surface area contributed by atoms with Crippen molar-refractivity contribution < 1.29 is 17.9 Å². The summed E-state index contributed by atoms with van der Waals surface area (Å²) >= 11 is 0. The number of amides is 1. The minimum absolute atomic E-state index is 0.0492. The first-order valence-electron chi connectivity index (χ1n) is 9.43. The molecular formula is C20H32N2O4S. The Bertz CT molecular complexity index is 736. The van der Waals surface area contributed by atoms with Gasteiger partial charge in [-0.25, -0.2) is 13.4 Å². The van der Waals surface area contributed by atoms with Crippen LogP contribution in [0.3, 0.4) is 0 Å². The van der Waals surface area contributed by atoms with Gasteiger partial charge in [-0.1, -0.05) is 32.9 Å². The summed E-state index contributed by atoms with van der Waals surface area (Å²) in [6.07, 6.45) is 1.42. The van der Waals surface area contributed by atoms with Gasteiger partial charge >= 0.3 is 0 Å². The van der Waals surface area contributed by atoms with Crippen LogP contribution in [0.4, 0.5) is 0 Å². The molecule has 1 aromatic carbocycles. The average Bonchev–Trinajstić information content (AvgIpc) is 2.90. The van der Waals surface area contributed by atoms with Crippen LogP contribution in [0.15, 0.2) is 24.3 Å². The number of sulfone groups is 1. The molecule has 0 saturated carbocycles. The number of hydrazine groups is 1. The van der Waals surface area contributed by atoms with Gasteiger partial charge in [-0.3, -0.25) is 9.80 Å². The summed E-state index contributed by atoms with van der Waals surface area (Å²) in [7, 11) is 0.520. The molecular weight excluding hydrogens is 364 g/mol. The van der Waals surface area contributed by atoms with Gasteiger partial charge in [-0.15, -0.1) is 0 Å². The van der Waals surface area contributed by atoms with Gasteiger partial charge < -0.3 is 4.74 Å². The summed E-state index contributed by atoms with van der Waals surface area (Å²) in [6.45, 7) is 6.95. The predicted octanol–water partition coefficient (Wildman–Crippen LogP) is 2.64. The minimum atomic E-state index is -3.03. The smallest absolute Gasteiger partial charge is 0.237 e. The highest BCUT2D eigenvalue weighted by molar-refractivity contribution is 7.91. The van der Waals surface area contributed by atoms with E-state index in [4.69, 9.17) is 4.74 Å². The molecule has 27 heavy (non-hydrogen) atoms. The van der Waals surface area contributed by atoms with Crippen molar-refractivity contribution in [2.45, 2.75) is 51.5 Å². The Kier molecular flexibility index (Phi) is 6.92. The molecule has 2 rings (SSSR count). The molecule has 0 bridgehead atoms. The van der Waals surface area contributed by atoms with Crippen molar-refractivity contribution in [1.29, 1.82) is 0 Å². The van der Waals surface area contributed by atoms with E-state index in [1.807, 2.05) is 12.1 Å². The third-order valence-electron chi connectivity index (χ3n) is 4.76. The van der Waals surface area contributed by atoms with Crippen molar-refractivity contribution in [1.82, 2.24) is 10.0 Å². The lowest BCUT2D eigenvalue weighted by molar-refractivity contribution is -0.149. The Balaban J connectivity index is 1.82. The zero-order valence-corrected chi connectivity index (χ0v) is 17.9. The molecule has 1 aliphatic heterocycles. The van der Waals surface area contributed by atoms with Crippen LogP contribution in [0.25, 0.3) is 0 Å². The Morgan fingerprint density at radius 2 is 1.81 bits per heavy atom. The van der Waals surface area contributed by atoms with Gasteiger partial charge in [0.15, 0.2) is 9.84 Å². The number of nitrogens with zero attached hydrogens (tertiary/aromatic N) is 2. The van der Waals surface area contributed by atoms with Crippen LogP contribution in [-0.2, 0) is 20.0 Å². The van der Waals surface area contributed by atoms with Gasteiger partial charge in [0.2, 0.25) is 5.91 Å². The summed E-state index contributed by atoms with van der Waals surface area (Å²) in [5, 5.41) is 3.28. The first-order chi connectivity index (χ1) is 12.5. The Hall–Kier alpha value is -1.60. The second-order valence-corrected chi connectivity index (χ2v) is 10.6. The van der Waals surface area contributed by atoms with E-state index in [9.17, 15) is 13.2 Å². The summed E-state index contributed by atoms with van der Waals surface area (Å²) in [5.74, 6) is 0.937. The highest BCUT2D eigenvalue weighted by Crippen LogP contribution is 2.24. The Morgan fingerprint density at radius 1 is 1.19 bits per heavy atom. The van der Waals surface area contributed by atoms with E-state index in [2.05, 4.69) is 32.9 Å². The maximum atomic E-state index is 12.6. The van der Waals surface area contributed by atoms with E-state index in [-0.39, 0.29) is 28.9 Å². The zero-order valence-electron chi connectivity index (χ0n) is 17.1. The number of carbonyl (C=O) groups excluding carboxylic acids is 1. The monoisotopic (exact) mass is 396 g/mol. The maximum Gasteiger partial charge on any atom is 0.237 e. The summed E-state index contributed by atoms with van der Waals surface area (Å²) in [6, 6.07) is 7.78. The largest absolute Gasteiger partial charge is 0.494 e. The molecule has 1 amide bonds. The number of hydrogen-bond donors (Lipinski definition) is 0. The molecule has 1 aromatic rings. The fraction of sp³-hybridized carbons (Fsp3) is 0.650. The van der Waals surface area contributed by atoms with Crippen molar-refractivity contribution in [2.24, 2.45) is 0 Å². The van der Waals surface area contributed by atoms with Gasteiger partial charge in [0.05, 0.1) is 24.2 Å². The fourth-order valence-electron chi connectivity index (χ4n) is 3.30. The van der Waals surface area contributed by atoms with E-state index < -0.39 is 9.84 Å². The van der Waals surface area contributed by atoms with Crippen LogP contribution < -0.4 is 4.74 Å². The van der Waals surface area contributed by atoms with Crippen LogP contribution in [0, 0.1) is 0 Å². The number of benzene rings is 1. The molecule has 1 fully saturated rings. The highest BCUT2D eigenvalue weighted by atomic mass is 32.2. The number of rotatable bonds is 7. The van der Waals surface area contributed by atoms with Crippen LogP contribution in [0.1, 0.15) is 45.6 Å². The third-order valence-corrected chi connectivity index (χ3v) is 6.52. The maximum absolute atomic E-state index is 12.6.